The number of benzene rings is 4. The van der Waals surface area contributed by atoms with Crippen LogP contribution in [0.2, 0.25) is 0 Å². The minimum Gasteiger partial charge on any atom is -0.361 e. The van der Waals surface area contributed by atoms with Crippen molar-refractivity contribution in [1.82, 2.24) is 41.2 Å². The van der Waals surface area contributed by atoms with Gasteiger partial charge in [-0.15, -0.1) is 0 Å². The average molecular weight is 873 g/mol. The standard InChI is InChI=1S/C51H52N8O6/c1-3-9-49(63)59-47(51(65)57-37(29-61)19-33-25-53-43-13-8-6-11-39(33)43)23-35-27-54-44-17-15-30(20-41(35)44)31-14-16-40-34(26-55-45(40)21-31)22-46(58-48(62)4-2)50(64)56-36(28-60)18-32-24-52-42-12-7-5-10-38(32)42/h5-8,10-17,20-21,24-29,36-37,46-47,52-55H,3-4,9,18-19,22-23H2,1-2H3,(H,56,64)(H,57,65)(H,58,62)(H,59,63). The molecule has 0 fully saturated rings. The highest BCUT2D eigenvalue weighted by Crippen LogP contribution is 2.31. The van der Waals surface area contributed by atoms with Gasteiger partial charge in [0.05, 0.1) is 12.1 Å². The molecule has 8 aromatic rings. The zero-order valence-corrected chi connectivity index (χ0v) is 36.3. The molecule has 14 heteroatoms. The molecule has 4 unspecified atom stereocenters. The van der Waals surface area contributed by atoms with Crippen molar-refractivity contribution in [2.75, 3.05) is 0 Å². The SMILES string of the molecule is CCCC(=O)NC(Cc1c[nH]c2ccc(-c3ccc4c(CC(NC(=O)CC)C(=O)NC(C=O)Cc5c[nH]c6ccccc56)c[nH]c4c3)cc12)C(=O)NC(C=O)Cc1c[nH]c2ccccc12. The van der Waals surface area contributed by atoms with Crippen LogP contribution in [0.5, 0.6) is 0 Å². The van der Waals surface area contributed by atoms with E-state index >= 15 is 0 Å². The molecule has 65 heavy (non-hydrogen) atoms. The first-order valence-electron chi connectivity index (χ1n) is 22.0. The van der Waals surface area contributed by atoms with Crippen molar-refractivity contribution in [3.05, 3.63) is 132 Å². The molecule has 0 saturated carbocycles. The van der Waals surface area contributed by atoms with Gasteiger partial charge in [-0.25, -0.2) is 0 Å². The summed E-state index contributed by atoms with van der Waals surface area (Å²) < 4.78 is 0. The quantitative estimate of drug-likeness (QED) is 0.0406. The number of fused-ring (bicyclic) bond motifs is 4. The van der Waals surface area contributed by atoms with Crippen molar-refractivity contribution >= 4 is 79.8 Å². The van der Waals surface area contributed by atoms with Crippen LogP contribution in [0.4, 0.5) is 0 Å². The minimum absolute atomic E-state index is 0.183. The van der Waals surface area contributed by atoms with E-state index in [4.69, 9.17) is 0 Å². The Morgan fingerprint density at radius 1 is 0.492 bits per heavy atom. The van der Waals surface area contributed by atoms with Gasteiger partial charge in [-0.2, -0.15) is 0 Å². The smallest absolute Gasteiger partial charge is 0.243 e. The Morgan fingerprint density at radius 2 is 0.938 bits per heavy atom. The fourth-order valence-electron chi connectivity index (χ4n) is 8.62. The summed E-state index contributed by atoms with van der Waals surface area (Å²) in [6.45, 7) is 3.61. The fourth-order valence-corrected chi connectivity index (χ4v) is 8.62. The molecule has 0 radical (unpaired) electrons. The minimum atomic E-state index is -0.937. The number of carbonyl (C=O) groups excluding carboxylic acids is 6. The Hall–Kier alpha value is -7.74. The van der Waals surface area contributed by atoms with Crippen molar-refractivity contribution in [2.24, 2.45) is 0 Å². The lowest BCUT2D eigenvalue weighted by molar-refractivity contribution is -0.130. The molecule has 4 aromatic heterocycles. The Bertz CT molecular complexity index is 3030. The van der Waals surface area contributed by atoms with Gasteiger partial charge in [0.2, 0.25) is 23.6 Å². The van der Waals surface area contributed by atoms with Gasteiger partial charge in [-0.05, 0) is 70.1 Å². The number of aromatic amines is 4. The molecule has 332 valence electrons. The summed E-state index contributed by atoms with van der Waals surface area (Å²) in [5.74, 6) is -1.44. The fraction of sp³-hybridized carbons (Fsp3) is 0.255. The van der Waals surface area contributed by atoms with Gasteiger partial charge in [0.15, 0.2) is 0 Å². The number of H-pyrrole nitrogens is 4. The van der Waals surface area contributed by atoms with Crippen LogP contribution in [-0.2, 0) is 54.5 Å². The lowest BCUT2D eigenvalue weighted by Gasteiger charge is -2.21. The van der Waals surface area contributed by atoms with Gasteiger partial charge < -0.3 is 50.8 Å². The number of hydrogen-bond acceptors (Lipinski definition) is 6. The Labute approximate surface area is 374 Å². The van der Waals surface area contributed by atoms with Crippen LogP contribution in [-0.4, -0.2) is 80.3 Å². The van der Waals surface area contributed by atoms with Crippen LogP contribution in [0.15, 0.2) is 110 Å². The molecule has 4 amide bonds. The van der Waals surface area contributed by atoms with Gasteiger partial charge in [0.25, 0.3) is 0 Å². The molecule has 14 nitrogen and oxygen atoms in total. The Balaban J connectivity index is 0.988. The average Bonchev–Trinajstić information content (AvgIpc) is 4.13. The molecular weight excluding hydrogens is 821 g/mol. The third-order valence-corrected chi connectivity index (χ3v) is 12.0. The molecular formula is C51H52N8O6. The van der Waals surface area contributed by atoms with Crippen LogP contribution in [0.3, 0.4) is 0 Å². The molecule has 0 aliphatic heterocycles. The third kappa shape index (κ3) is 9.91. The molecule has 4 atom stereocenters. The molecule has 0 spiro atoms. The third-order valence-electron chi connectivity index (χ3n) is 12.0. The number of aromatic nitrogens is 4. The normalized spacial score (nSPS) is 13.3. The van der Waals surface area contributed by atoms with Crippen LogP contribution in [0.1, 0.15) is 55.4 Å². The van der Waals surface area contributed by atoms with Gasteiger partial charge in [-0.3, -0.25) is 19.2 Å². The van der Waals surface area contributed by atoms with Crippen molar-refractivity contribution in [3.8, 4) is 11.1 Å². The molecule has 8 rings (SSSR count). The molecule has 0 aliphatic rings. The number of hydrogen-bond donors (Lipinski definition) is 8. The number of aldehydes is 2. The number of amides is 4. The highest BCUT2D eigenvalue weighted by atomic mass is 16.2. The molecule has 4 heterocycles. The first kappa shape index (κ1) is 43.9. The summed E-state index contributed by atoms with van der Waals surface area (Å²) in [5.41, 5.74) is 8.82. The highest BCUT2D eigenvalue weighted by molar-refractivity contribution is 5.95. The van der Waals surface area contributed by atoms with Crippen LogP contribution >= 0.6 is 0 Å². The van der Waals surface area contributed by atoms with E-state index in [0.717, 1.165) is 89.6 Å². The van der Waals surface area contributed by atoms with Crippen molar-refractivity contribution in [3.63, 3.8) is 0 Å². The maximum absolute atomic E-state index is 13.9. The summed E-state index contributed by atoms with van der Waals surface area (Å²) in [7, 11) is 0. The van der Waals surface area contributed by atoms with E-state index in [1.165, 1.54) is 0 Å². The molecule has 0 aliphatic carbocycles. The zero-order chi connectivity index (χ0) is 45.5. The second-order valence-corrected chi connectivity index (χ2v) is 16.5. The van der Waals surface area contributed by atoms with Crippen molar-refractivity contribution in [1.29, 1.82) is 0 Å². The summed E-state index contributed by atoms with van der Waals surface area (Å²) in [4.78, 5) is 90.8. The van der Waals surface area contributed by atoms with E-state index in [9.17, 15) is 28.8 Å². The van der Waals surface area contributed by atoms with Gasteiger partial charge in [0.1, 0.15) is 24.7 Å². The summed E-state index contributed by atoms with van der Waals surface area (Å²) in [5, 5.41) is 15.2. The predicted octanol–water partition coefficient (Wildman–Crippen LogP) is 6.40. The van der Waals surface area contributed by atoms with Crippen LogP contribution < -0.4 is 21.3 Å². The van der Waals surface area contributed by atoms with E-state index in [0.29, 0.717) is 12.8 Å². The maximum atomic E-state index is 13.9. The van der Waals surface area contributed by atoms with Crippen LogP contribution in [0.25, 0.3) is 54.7 Å². The summed E-state index contributed by atoms with van der Waals surface area (Å²) in [6, 6.07) is 24.0. The Morgan fingerprint density at radius 3 is 1.48 bits per heavy atom. The van der Waals surface area contributed by atoms with Gasteiger partial charge in [-0.1, -0.05) is 68.4 Å². The molecule has 0 saturated heterocycles. The number of nitrogens with one attached hydrogen (secondary N) is 8. The maximum Gasteiger partial charge on any atom is 0.243 e. The van der Waals surface area contributed by atoms with E-state index in [-0.39, 0.29) is 43.9 Å². The first-order chi connectivity index (χ1) is 31.6. The van der Waals surface area contributed by atoms with E-state index < -0.39 is 36.0 Å². The van der Waals surface area contributed by atoms with E-state index in [2.05, 4.69) is 41.2 Å². The Kier molecular flexibility index (Phi) is 13.3. The molecule has 0 bridgehead atoms. The topological polar surface area (TPSA) is 214 Å². The number of carbonyl (C=O) groups is 6. The monoisotopic (exact) mass is 872 g/mol. The lowest BCUT2D eigenvalue weighted by atomic mass is 9.97. The van der Waals surface area contributed by atoms with Crippen molar-refractivity contribution < 1.29 is 28.8 Å². The van der Waals surface area contributed by atoms with Crippen molar-refractivity contribution in [2.45, 2.75) is 83.0 Å². The molecule has 8 N–H and O–H groups in total. The van der Waals surface area contributed by atoms with E-state index in [1.54, 1.807) is 6.92 Å². The second kappa shape index (κ2) is 19.8. The number of rotatable bonds is 20. The largest absolute Gasteiger partial charge is 0.361 e. The lowest BCUT2D eigenvalue weighted by Crippen LogP contribution is -2.51. The zero-order valence-electron chi connectivity index (χ0n) is 36.3. The van der Waals surface area contributed by atoms with Crippen LogP contribution in [0, 0.1) is 0 Å². The van der Waals surface area contributed by atoms with E-state index in [1.807, 2.05) is 117 Å². The predicted molar refractivity (Wildman–Crippen MR) is 252 cm³/mol. The van der Waals surface area contributed by atoms with Gasteiger partial charge in [0, 0.05) is 107 Å². The summed E-state index contributed by atoms with van der Waals surface area (Å²) >= 11 is 0. The first-order valence-corrected chi connectivity index (χ1v) is 22.0. The second-order valence-electron chi connectivity index (χ2n) is 16.5. The van der Waals surface area contributed by atoms with Gasteiger partial charge >= 0.3 is 0 Å². The molecule has 4 aromatic carbocycles. The summed E-state index contributed by atoms with van der Waals surface area (Å²) in [6.07, 6.45) is 10.8. The number of para-hydroxylation sites is 2. The highest BCUT2D eigenvalue weighted by Gasteiger charge is 2.27.